The van der Waals surface area contributed by atoms with Crippen LogP contribution in [0.25, 0.3) is 17.1 Å². The standard InChI is InChI=1S/C27H26F2N6O2S/c1-26(2)17-10-12-27(26,25-16(17)14-20(32-33-25)24-18(28)6-4-7-19(24)29)21-8-5-9-23(31-21)35-15-30-22(34-35)11-13-38(3,36)37/h4-9,14-15,17H,10-13H2,1-3H3/t17-,27-/m0/s1. The molecule has 0 N–H and O–H groups in total. The van der Waals surface area contributed by atoms with Crippen molar-refractivity contribution in [3.05, 3.63) is 83.2 Å². The van der Waals surface area contributed by atoms with E-state index in [-0.39, 0.29) is 34.8 Å². The molecular formula is C27H26F2N6O2S. The third-order valence-corrected chi connectivity index (χ3v) is 9.19. The van der Waals surface area contributed by atoms with Crippen LogP contribution in [0.2, 0.25) is 0 Å². The Morgan fingerprint density at radius 2 is 1.82 bits per heavy atom. The largest absolute Gasteiger partial charge is 0.233 e. The third-order valence-electron chi connectivity index (χ3n) is 8.24. The molecule has 0 amide bonds. The van der Waals surface area contributed by atoms with Crippen LogP contribution in [0, 0.1) is 17.0 Å². The van der Waals surface area contributed by atoms with Crippen molar-refractivity contribution in [2.45, 2.75) is 44.4 Å². The summed E-state index contributed by atoms with van der Waals surface area (Å²) in [5, 5.41) is 13.3. The maximum atomic E-state index is 14.5. The topological polar surface area (TPSA) is 104 Å². The smallest absolute Gasteiger partial charge is 0.155 e. The van der Waals surface area contributed by atoms with Crippen molar-refractivity contribution in [2.75, 3.05) is 12.0 Å². The Kier molecular flexibility index (Phi) is 5.50. The van der Waals surface area contributed by atoms with E-state index >= 15 is 0 Å². The predicted molar refractivity (Wildman–Crippen MR) is 136 cm³/mol. The minimum absolute atomic E-state index is 0.0304. The number of pyridine rings is 1. The van der Waals surface area contributed by atoms with Crippen LogP contribution in [0.4, 0.5) is 8.78 Å². The fourth-order valence-electron chi connectivity index (χ4n) is 6.34. The lowest BCUT2D eigenvalue weighted by molar-refractivity contribution is 0.242. The number of aromatic nitrogens is 6. The maximum Gasteiger partial charge on any atom is 0.155 e. The summed E-state index contributed by atoms with van der Waals surface area (Å²) in [5.74, 6) is -0.269. The molecule has 1 saturated carbocycles. The highest BCUT2D eigenvalue weighted by molar-refractivity contribution is 7.90. The Morgan fingerprint density at radius 1 is 1.08 bits per heavy atom. The van der Waals surface area contributed by atoms with Crippen molar-refractivity contribution in [2.24, 2.45) is 5.41 Å². The fourth-order valence-corrected chi connectivity index (χ4v) is 6.90. The highest BCUT2D eigenvalue weighted by atomic mass is 32.2. The van der Waals surface area contributed by atoms with Crippen LogP contribution < -0.4 is 0 Å². The summed E-state index contributed by atoms with van der Waals surface area (Å²) in [6.45, 7) is 4.37. The second-order valence-corrected chi connectivity index (χ2v) is 13.0. The second kappa shape index (κ2) is 8.45. The first kappa shape index (κ1) is 24.7. The first-order chi connectivity index (χ1) is 18.0. The summed E-state index contributed by atoms with van der Waals surface area (Å²) >= 11 is 0. The maximum absolute atomic E-state index is 14.5. The van der Waals surface area contributed by atoms with E-state index in [1.54, 1.807) is 10.7 Å². The van der Waals surface area contributed by atoms with E-state index in [1.807, 2.05) is 18.2 Å². The molecule has 2 aliphatic carbocycles. The molecule has 0 unspecified atom stereocenters. The summed E-state index contributed by atoms with van der Waals surface area (Å²) in [7, 11) is -3.13. The number of nitrogens with zero attached hydrogens (tertiary/aromatic N) is 6. The van der Waals surface area contributed by atoms with E-state index in [0.29, 0.717) is 11.6 Å². The molecule has 2 atom stereocenters. The third kappa shape index (κ3) is 3.66. The lowest BCUT2D eigenvalue weighted by Crippen LogP contribution is -2.38. The van der Waals surface area contributed by atoms with E-state index in [1.165, 1.54) is 30.8 Å². The SMILES string of the molecule is CC1(C)[C@H]2CC[C@]1(c1cccc(-n3cnc(CCS(C)(=O)=O)n3)n1)c1nnc(-c3c(F)cccc3F)cc12. The molecule has 196 valence electrons. The Morgan fingerprint density at radius 3 is 2.55 bits per heavy atom. The molecule has 1 fully saturated rings. The van der Waals surface area contributed by atoms with Gasteiger partial charge in [0.1, 0.15) is 27.8 Å². The van der Waals surface area contributed by atoms with E-state index in [9.17, 15) is 17.2 Å². The Labute approximate surface area is 219 Å². The van der Waals surface area contributed by atoms with E-state index in [4.69, 9.17) is 4.98 Å². The molecule has 8 nitrogen and oxygen atoms in total. The van der Waals surface area contributed by atoms with Crippen LogP contribution in [0.3, 0.4) is 0 Å². The Bertz CT molecular complexity index is 1670. The highest BCUT2D eigenvalue weighted by Crippen LogP contribution is 2.69. The lowest BCUT2D eigenvalue weighted by atomic mass is 9.66. The lowest BCUT2D eigenvalue weighted by Gasteiger charge is -2.37. The van der Waals surface area contributed by atoms with E-state index in [2.05, 4.69) is 34.1 Å². The average molecular weight is 537 g/mol. The zero-order valence-corrected chi connectivity index (χ0v) is 22.0. The quantitative estimate of drug-likeness (QED) is 0.364. The molecule has 6 rings (SSSR count). The Hall–Kier alpha value is -3.60. The van der Waals surface area contributed by atoms with Crippen molar-refractivity contribution >= 4 is 9.84 Å². The van der Waals surface area contributed by atoms with Gasteiger partial charge in [0.05, 0.1) is 33.8 Å². The van der Waals surface area contributed by atoms with Gasteiger partial charge in [0.25, 0.3) is 0 Å². The first-order valence-electron chi connectivity index (χ1n) is 12.4. The summed E-state index contributed by atoms with van der Waals surface area (Å²) in [5.41, 5.74) is 1.75. The van der Waals surface area contributed by atoms with Gasteiger partial charge < -0.3 is 0 Å². The molecule has 0 saturated heterocycles. The number of fused-ring (bicyclic) bond motifs is 5. The van der Waals surface area contributed by atoms with Gasteiger partial charge >= 0.3 is 0 Å². The van der Waals surface area contributed by atoms with E-state index in [0.717, 1.165) is 29.8 Å². The average Bonchev–Trinajstić information content (AvgIpc) is 3.50. The monoisotopic (exact) mass is 536 g/mol. The van der Waals surface area contributed by atoms with Gasteiger partial charge in [-0.3, -0.25) is 0 Å². The minimum Gasteiger partial charge on any atom is -0.233 e. The minimum atomic E-state index is -3.13. The van der Waals surface area contributed by atoms with Gasteiger partial charge in [-0.1, -0.05) is 26.0 Å². The molecule has 2 aliphatic rings. The molecule has 4 aromatic rings. The van der Waals surface area contributed by atoms with Gasteiger partial charge in [0.15, 0.2) is 11.6 Å². The number of halogens is 2. The second-order valence-electron chi connectivity index (χ2n) is 10.7. The molecular weight excluding hydrogens is 510 g/mol. The number of rotatable bonds is 6. The summed E-state index contributed by atoms with van der Waals surface area (Å²) in [4.78, 5) is 9.22. The molecule has 38 heavy (non-hydrogen) atoms. The van der Waals surface area contributed by atoms with E-state index < -0.39 is 26.9 Å². The predicted octanol–water partition coefficient (Wildman–Crippen LogP) is 4.19. The highest BCUT2D eigenvalue weighted by Gasteiger charge is 2.65. The molecule has 0 aliphatic heterocycles. The van der Waals surface area contributed by atoms with Gasteiger partial charge in [0.2, 0.25) is 0 Å². The summed E-state index contributed by atoms with van der Waals surface area (Å²) < 4.78 is 53.6. The number of benzene rings is 1. The zero-order valence-electron chi connectivity index (χ0n) is 21.2. The van der Waals surface area contributed by atoms with Gasteiger partial charge in [-0.15, -0.1) is 10.2 Å². The van der Waals surface area contributed by atoms with Crippen LogP contribution in [0.15, 0.2) is 48.8 Å². The van der Waals surface area contributed by atoms with Crippen molar-refractivity contribution < 1.29 is 17.2 Å². The van der Waals surface area contributed by atoms with Crippen molar-refractivity contribution in [1.82, 2.24) is 29.9 Å². The number of aryl methyl sites for hydroxylation is 1. The normalized spacial score (nSPS) is 21.6. The number of hydrogen-bond donors (Lipinski definition) is 0. The van der Waals surface area contributed by atoms with Crippen molar-refractivity contribution in [3.8, 4) is 17.1 Å². The van der Waals surface area contributed by atoms with Crippen molar-refractivity contribution in [1.29, 1.82) is 0 Å². The van der Waals surface area contributed by atoms with Gasteiger partial charge in [-0.05, 0) is 60.1 Å². The Balaban J connectivity index is 1.41. The van der Waals surface area contributed by atoms with Gasteiger partial charge in [0, 0.05) is 12.7 Å². The summed E-state index contributed by atoms with van der Waals surface area (Å²) in [6.07, 6.45) is 4.63. The molecule has 1 aromatic carbocycles. The van der Waals surface area contributed by atoms with Crippen LogP contribution in [0.1, 0.15) is 55.4 Å². The molecule has 2 bridgehead atoms. The van der Waals surface area contributed by atoms with Crippen molar-refractivity contribution in [3.63, 3.8) is 0 Å². The summed E-state index contributed by atoms with van der Waals surface area (Å²) in [6, 6.07) is 11.2. The van der Waals surface area contributed by atoms with Crippen LogP contribution >= 0.6 is 0 Å². The molecule has 3 aromatic heterocycles. The van der Waals surface area contributed by atoms with Crippen LogP contribution in [0.5, 0.6) is 0 Å². The van der Waals surface area contributed by atoms with Crippen LogP contribution in [-0.2, 0) is 21.7 Å². The van der Waals surface area contributed by atoms with Gasteiger partial charge in [-0.25, -0.2) is 31.8 Å². The first-order valence-corrected chi connectivity index (χ1v) is 14.5. The van der Waals surface area contributed by atoms with Crippen LogP contribution in [-0.4, -0.2) is 50.4 Å². The fraction of sp³-hybridized carbons (Fsp3) is 0.370. The molecule has 3 heterocycles. The van der Waals surface area contributed by atoms with Gasteiger partial charge in [-0.2, -0.15) is 5.10 Å². The zero-order chi connectivity index (χ0) is 26.9. The number of hydrogen-bond acceptors (Lipinski definition) is 7. The molecule has 0 spiro atoms. The molecule has 11 heteroatoms. The number of sulfone groups is 1. The molecule has 0 radical (unpaired) electrons.